The third kappa shape index (κ3) is 4.18. The van der Waals surface area contributed by atoms with Crippen molar-refractivity contribution in [2.75, 3.05) is 5.06 Å². The fourth-order valence-corrected chi connectivity index (χ4v) is 3.07. The van der Waals surface area contributed by atoms with E-state index in [-0.39, 0.29) is 32.1 Å². The van der Waals surface area contributed by atoms with Crippen molar-refractivity contribution in [1.29, 1.82) is 0 Å². The summed E-state index contributed by atoms with van der Waals surface area (Å²) in [5.74, 6) is -1.02. The summed E-state index contributed by atoms with van der Waals surface area (Å²) in [5, 5.41) is 0.284. The lowest BCUT2D eigenvalue weighted by Gasteiger charge is -2.22. The number of amides is 1. The second-order valence-electron chi connectivity index (χ2n) is 5.94. The number of pyridine rings is 1. The van der Waals surface area contributed by atoms with Crippen molar-refractivity contribution in [3.63, 3.8) is 0 Å². The molecular formula is C19H14ClF3N2O3. The van der Waals surface area contributed by atoms with Crippen LogP contribution in [0.25, 0.3) is 10.8 Å². The van der Waals surface area contributed by atoms with Crippen LogP contribution in [0.3, 0.4) is 0 Å². The van der Waals surface area contributed by atoms with Crippen molar-refractivity contribution in [1.82, 2.24) is 4.57 Å². The summed E-state index contributed by atoms with van der Waals surface area (Å²) in [6.07, 6.45) is -3.58. The van der Waals surface area contributed by atoms with Gasteiger partial charge in [0.1, 0.15) is 0 Å². The summed E-state index contributed by atoms with van der Waals surface area (Å²) in [5.41, 5.74) is 0.244. The van der Waals surface area contributed by atoms with Crippen LogP contribution in [0.15, 0.2) is 59.5 Å². The van der Waals surface area contributed by atoms with Gasteiger partial charge in [-0.05, 0) is 23.8 Å². The number of benzene rings is 2. The maximum absolute atomic E-state index is 12.7. The van der Waals surface area contributed by atoms with Crippen molar-refractivity contribution >= 4 is 34.0 Å². The molecule has 3 aromatic rings. The highest BCUT2D eigenvalue weighted by Crippen LogP contribution is 2.34. The van der Waals surface area contributed by atoms with Gasteiger partial charge in [0.05, 0.1) is 17.3 Å². The van der Waals surface area contributed by atoms with Crippen molar-refractivity contribution < 1.29 is 22.8 Å². The number of alkyl halides is 3. The van der Waals surface area contributed by atoms with Gasteiger partial charge in [-0.3, -0.25) is 9.59 Å². The number of nitrogens with zero attached hydrogens (tertiary/aromatic N) is 2. The highest BCUT2D eigenvalue weighted by atomic mass is 35.5. The molecule has 1 heterocycles. The maximum Gasteiger partial charge on any atom is 0.544 e. The summed E-state index contributed by atoms with van der Waals surface area (Å²) >= 11 is 6.20. The molecule has 9 heteroatoms. The minimum atomic E-state index is -5.08. The van der Waals surface area contributed by atoms with Gasteiger partial charge in [0, 0.05) is 23.9 Å². The van der Waals surface area contributed by atoms with E-state index in [1.165, 1.54) is 22.9 Å². The molecule has 0 N–H and O–H groups in total. The zero-order chi connectivity index (χ0) is 20.5. The Balaban J connectivity index is 2.06. The van der Waals surface area contributed by atoms with Gasteiger partial charge in [-0.25, -0.2) is 0 Å². The lowest BCUT2D eigenvalue weighted by atomic mass is 10.1. The topological polar surface area (TPSA) is 51.5 Å². The molecule has 146 valence electrons. The third-order valence-corrected chi connectivity index (χ3v) is 4.36. The largest absolute Gasteiger partial charge is 0.544 e. The summed E-state index contributed by atoms with van der Waals surface area (Å²) < 4.78 is 39.3. The van der Waals surface area contributed by atoms with E-state index >= 15 is 0 Å². The van der Waals surface area contributed by atoms with Gasteiger partial charge in [-0.2, -0.15) is 9.90 Å². The number of hydrogen-bond donors (Lipinski definition) is 0. The molecule has 0 aliphatic carbocycles. The highest BCUT2D eigenvalue weighted by Gasteiger charge is 2.36. The smallest absolute Gasteiger partial charge is 0.311 e. The van der Waals surface area contributed by atoms with Crippen LogP contribution in [0.5, 0.6) is 0 Å². The zero-order valence-corrected chi connectivity index (χ0v) is 15.3. The van der Waals surface area contributed by atoms with Gasteiger partial charge < -0.3 is 4.57 Å². The number of hydroxylamine groups is 1. The Morgan fingerprint density at radius 2 is 1.79 bits per heavy atom. The van der Waals surface area contributed by atoms with Gasteiger partial charge in [0.25, 0.3) is 5.56 Å². The van der Waals surface area contributed by atoms with Crippen LogP contribution >= 0.6 is 11.6 Å². The number of carbonyl (C=O) groups excluding carboxylic acids is 1. The van der Waals surface area contributed by atoms with Gasteiger partial charge in [0.15, 0.2) is 0 Å². The number of rotatable bonds is 4. The first-order valence-electron chi connectivity index (χ1n) is 8.09. The molecule has 0 unspecified atom stereocenters. The monoisotopic (exact) mass is 410 g/mol. The first-order chi connectivity index (χ1) is 13.2. The maximum atomic E-state index is 12.7. The lowest BCUT2D eigenvalue weighted by molar-refractivity contribution is -0.327. The number of hydrogen-bond acceptors (Lipinski definition) is 3. The van der Waals surface area contributed by atoms with Crippen LogP contribution in [-0.2, 0) is 16.2 Å². The molecule has 0 aliphatic rings. The lowest BCUT2D eigenvalue weighted by Crippen LogP contribution is -2.35. The van der Waals surface area contributed by atoms with Crippen molar-refractivity contribution in [2.45, 2.75) is 19.8 Å². The van der Waals surface area contributed by atoms with E-state index in [0.717, 1.165) is 18.6 Å². The molecule has 0 aliphatic heterocycles. The average Bonchev–Trinajstić information content (AvgIpc) is 2.63. The minimum absolute atomic E-state index is 0.0528. The summed E-state index contributed by atoms with van der Waals surface area (Å²) in [7, 11) is 0. The molecule has 0 fully saturated rings. The van der Waals surface area contributed by atoms with Crippen molar-refractivity contribution in [3.8, 4) is 0 Å². The molecule has 0 atom stereocenters. The SMILES string of the molecule is CC(=O)N(OC(F)(F)F)c1ccc2c(=O)n(Cc3ccccc3)ccc2c1Cl. The fraction of sp³-hybridized carbons (Fsp3) is 0.158. The Kier molecular flexibility index (Phi) is 5.44. The first kappa shape index (κ1) is 19.9. The van der Waals surface area contributed by atoms with Crippen LogP contribution in [0.4, 0.5) is 18.9 Å². The highest BCUT2D eigenvalue weighted by molar-refractivity contribution is 6.38. The first-order valence-corrected chi connectivity index (χ1v) is 8.47. The molecule has 1 amide bonds. The molecule has 0 spiro atoms. The molecular weight excluding hydrogens is 397 g/mol. The normalized spacial score (nSPS) is 11.6. The quantitative estimate of drug-likeness (QED) is 0.595. The predicted molar refractivity (Wildman–Crippen MR) is 99.1 cm³/mol. The summed E-state index contributed by atoms with van der Waals surface area (Å²) in [4.78, 5) is 28.1. The number of aromatic nitrogens is 1. The van der Waals surface area contributed by atoms with Crippen LogP contribution in [-0.4, -0.2) is 16.8 Å². The van der Waals surface area contributed by atoms with E-state index in [2.05, 4.69) is 4.84 Å². The van der Waals surface area contributed by atoms with Gasteiger partial charge in [-0.1, -0.05) is 41.9 Å². The fourth-order valence-electron chi connectivity index (χ4n) is 2.77. The molecule has 3 rings (SSSR count). The van der Waals surface area contributed by atoms with Gasteiger partial charge >= 0.3 is 6.36 Å². The minimum Gasteiger partial charge on any atom is -0.311 e. The van der Waals surface area contributed by atoms with Crippen molar-refractivity contribution in [2.24, 2.45) is 0 Å². The molecule has 0 radical (unpaired) electrons. The Hall–Kier alpha value is -2.84. The number of halogens is 4. The van der Waals surface area contributed by atoms with Crippen LogP contribution in [0.1, 0.15) is 12.5 Å². The van der Waals surface area contributed by atoms with E-state index in [9.17, 15) is 22.8 Å². The van der Waals surface area contributed by atoms with Crippen LogP contribution < -0.4 is 10.6 Å². The van der Waals surface area contributed by atoms with Gasteiger partial charge in [0.2, 0.25) is 5.91 Å². The molecule has 1 aromatic heterocycles. The van der Waals surface area contributed by atoms with Crippen LogP contribution in [0.2, 0.25) is 5.02 Å². The zero-order valence-electron chi connectivity index (χ0n) is 14.5. The number of carbonyl (C=O) groups is 1. The van der Waals surface area contributed by atoms with E-state index in [4.69, 9.17) is 11.6 Å². The van der Waals surface area contributed by atoms with E-state index in [1.54, 1.807) is 0 Å². The molecule has 5 nitrogen and oxygen atoms in total. The summed E-state index contributed by atoms with van der Waals surface area (Å²) in [6, 6.07) is 13.3. The standard InChI is InChI=1S/C19H14ClF3N2O3/c1-12(26)25(28-19(21,22)23)16-8-7-15-14(17(16)20)9-10-24(18(15)27)11-13-5-3-2-4-6-13/h2-10H,11H2,1H3. The third-order valence-electron chi connectivity index (χ3n) is 3.97. The summed E-state index contributed by atoms with van der Waals surface area (Å²) in [6.45, 7) is 1.23. The van der Waals surface area contributed by atoms with Gasteiger partial charge in [-0.15, -0.1) is 13.2 Å². The Labute approximate surface area is 162 Å². The molecule has 2 aromatic carbocycles. The van der Waals surface area contributed by atoms with Crippen molar-refractivity contribution in [3.05, 3.63) is 75.7 Å². The molecule has 0 saturated carbocycles. The average molecular weight is 411 g/mol. The number of fused-ring (bicyclic) bond motifs is 1. The Bertz CT molecular complexity index is 1080. The molecule has 0 saturated heterocycles. The van der Waals surface area contributed by atoms with Crippen LogP contribution in [0, 0.1) is 0 Å². The Morgan fingerprint density at radius 3 is 2.39 bits per heavy atom. The number of anilines is 1. The Morgan fingerprint density at radius 1 is 1.11 bits per heavy atom. The van der Waals surface area contributed by atoms with E-state index in [0.29, 0.717) is 6.54 Å². The van der Waals surface area contributed by atoms with E-state index in [1.807, 2.05) is 30.3 Å². The second kappa shape index (κ2) is 7.65. The molecule has 0 bridgehead atoms. The predicted octanol–water partition coefficient (Wildman–Crippen LogP) is 4.51. The van der Waals surface area contributed by atoms with E-state index < -0.39 is 12.3 Å². The molecule has 28 heavy (non-hydrogen) atoms. The second-order valence-corrected chi connectivity index (χ2v) is 6.32.